The summed E-state index contributed by atoms with van der Waals surface area (Å²) in [6.45, 7) is 5.40. The molecule has 6 nitrogen and oxygen atoms in total. The maximum atomic E-state index is 10.1. The molecule has 0 rings (SSSR count). The second-order valence-corrected chi connectivity index (χ2v) is 2.05. The van der Waals surface area contributed by atoms with E-state index in [0.29, 0.717) is 0 Å². The Morgan fingerprint density at radius 1 is 1.54 bits per heavy atom. The molecule has 0 fully saturated rings. The van der Waals surface area contributed by atoms with E-state index in [1.54, 1.807) is 0 Å². The van der Waals surface area contributed by atoms with Crippen LogP contribution in [-0.4, -0.2) is 29.0 Å². The summed E-state index contributed by atoms with van der Waals surface area (Å²) in [4.78, 5) is 28.5. The van der Waals surface area contributed by atoms with Gasteiger partial charge in [0.1, 0.15) is 12.0 Å². The van der Waals surface area contributed by atoms with E-state index in [1.165, 1.54) is 0 Å². The highest BCUT2D eigenvalue weighted by atomic mass is 16.4. The first kappa shape index (κ1) is 13.9. The van der Waals surface area contributed by atoms with Gasteiger partial charge in [0.05, 0.1) is 6.58 Å². The van der Waals surface area contributed by atoms with Gasteiger partial charge in [0.15, 0.2) is 0 Å². The van der Waals surface area contributed by atoms with Gasteiger partial charge in [0.25, 0.3) is 0 Å². The van der Waals surface area contributed by atoms with Crippen molar-refractivity contribution in [1.82, 2.24) is 0 Å². The van der Waals surface area contributed by atoms with E-state index >= 15 is 0 Å². The van der Waals surface area contributed by atoms with Crippen LogP contribution >= 0.6 is 0 Å². The van der Waals surface area contributed by atoms with Crippen molar-refractivity contribution in [3.8, 4) is 0 Å². The van der Waals surface area contributed by atoms with Crippen LogP contribution in [0.15, 0.2) is 0 Å². The molecule has 0 aliphatic carbocycles. The number of carboxylic acids is 1. The van der Waals surface area contributed by atoms with E-state index < -0.39 is 17.9 Å². The monoisotopic (exact) mass is 186 g/mol. The molecule has 72 valence electrons. The standard InChI is InChI=1S/C5H10N2O3.C2O/c6-3(5(9)10)1-2-4(7)8;1-2-3/h3H,1-2,6H2,(H2,7,8)(H,9,10);/t3-;/m0./s1. The first-order valence-electron chi connectivity index (χ1n) is 3.26. The third kappa shape index (κ3) is 13.4. The number of amides is 1. The molecular weight excluding hydrogens is 176 g/mol. The molecule has 1 atom stereocenters. The molecule has 0 aromatic heterocycles. The zero-order valence-corrected chi connectivity index (χ0v) is 6.82. The van der Waals surface area contributed by atoms with Crippen molar-refractivity contribution in [2.45, 2.75) is 18.9 Å². The van der Waals surface area contributed by atoms with E-state index in [0.717, 1.165) is 5.94 Å². The third-order valence-corrected chi connectivity index (χ3v) is 1.02. The topological polar surface area (TPSA) is 123 Å². The lowest BCUT2D eigenvalue weighted by Crippen LogP contribution is -2.31. The molecule has 0 aliphatic heterocycles. The number of carboxylic acid groups (broad SMARTS) is 1. The van der Waals surface area contributed by atoms with Crippen molar-refractivity contribution in [1.29, 1.82) is 0 Å². The molecule has 2 radical (unpaired) electrons. The average Bonchev–Trinajstić information content (AvgIpc) is 2.01. The highest BCUT2D eigenvalue weighted by Crippen LogP contribution is 1.92. The van der Waals surface area contributed by atoms with E-state index in [4.69, 9.17) is 27.9 Å². The molecule has 5 N–H and O–H groups in total. The molecule has 0 aliphatic rings. The van der Waals surface area contributed by atoms with E-state index in [2.05, 4.69) is 0 Å². The van der Waals surface area contributed by atoms with Crippen molar-refractivity contribution in [3.63, 3.8) is 0 Å². The van der Waals surface area contributed by atoms with Gasteiger partial charge in [-0.05, 0) is 6.42 Å². The number of carbonyl (C=O) groups is 2. The fourth-order valence-corrected chi connectivity index (χ4v) is 0.421. The minimum atomic E-state index is -1.11. The molecule has 0 aromatic carbocycles. The quantitative estimate of drug-likeness (QED) is 0.454. The predicted molar refractivity (Wildman–Crippen MR) is 43.0 cm³/mol. The smallest absolute Gasteiger partial charge is 0.320 e. The molecule has 0 aromatic rings. The molecule has 0 heterocycles. The Kier molecular flexibility index (Phi) is 9.04. The van der Waals surface area contributed by atoms with Crippen molar-refractivity contribution >= 4 is 17.8 Å². The van der Waals surface area contributed by atoms with Crippen LogP contribution in [0.4, 0.5) is 0 Å². The maximum absolute atomic E-state index is 10.1. The second kappa shape index (κ2) is 8.45. The third-order valence-electron chi connectivity index (χ3n) is 1.02. The predicted octanol–water partition coefficient (Wildman–Crippen LogP) is -1.65. The molecular formula is C7H10N2O4. The van der Waals surface area contributed by atoms with Crippen molar-refractivity contribution < 1.29 is 19.5 Å². The molecule has 0 spiro atoms. The Morgan fingerprint density at radius 3 is 2.15 bits per heavy atom. The van der Waals surface area contributed by atoms with E-state index in [1.807, 2.05) is 0 Å². The minimum Gasteiger partial charge on any atom is -0.480 e. The highest BCUT2D eigenvalue weighted by molar-refractivity contribution is 5.76. The Morgan fingerprint density at radius 2 is 1.92 bits per heavy atom. The molecule has 0 unspecified atom stereocenters. The maximum Gasteiger partial charge on any atom is 0.320 e. The molecule has 0 saturated carbocycles. The summed E-state index contributed by atoms with van der Waals surface area (Å²) in [7, 11) is 0. The SMILES string of the molecule is NC(=O)CC[C@H](N)C(=O)O.[C]=C=O. The minimum absolute atomic E-state index is 0.0213. The first-order valence-corrected chi connectivity index (χ1v) is 3.26. The van der Waals surface area contributed by atoms with Crippen LogP contribution in [0.25, 0.3) is 0 Å². The Balaban J connectivity index is 0. The van der Waals surface area contributed by atoms with Crippen molar-refractivity contribution in [3.05, 3.63) is 6.58 Å². The summed E-state index contributed by atoms with van der Waals surface area (Å²) < 4.78 is 0. The van der Waals surface area contributed by atoms with Gasteiger partial charge in [0.2, 0.25) is 5.91 Å². The van der Waals surface area contributed by atoms with Gasteiger partial charge in [-0.25, -0.2) is 4.79 Å². The highest BCUT2D eigenvalue weighted by Gasteiger charge is 2.11. The van der Waals surface area contributed by atoms with Crippen LogP contribution in [0.2, 0.25) is 0 Å². The zero-order chi connectivity index (χ0) is 10.9. The van der Waals surface area contributed by atoms with Gasteiger partial charge in [-0.15, -0.1) is 0 Å². The lowest BCUT2D eigenvalue weighted by atomic mass is 10.2. The summed E-state index contributed by atoms with van der Waals surface area (Å²) in [5, 5.41) is 8.22. The van der Waals surface area contributed by atoms with Gasteiger partial charge in [-0.2, -0.15) is 0 Å². The number of primary amides is 1. The summed E-state index contributed by atoms with van der Waals surface area (Å²) in [5.74, 6) is -0.891. The lowest BCUT2D eigenvalue weighted by molar-refractivity contribution is -0.138. The summed E-state index contributed by atoms with van der Waals surface area (Å²) in [5.41, 5.74) is 9.81. The average molecular weight is 186 g/mol. The fraction of sp³-hybridized carbons (Fsp3) is 0.429. The number of aliphatic carboxylic acids is 1. The number of carbonyl (C=O) groups excluding carboxylic acids is 2. The second-order valence-electron chi connectivity index (χ2n) is 2.05. The Hall–Kier alpha value is -1.65. The van der Waals surface area contributed by atoms with Crippen LogP contribution in [0, 0.1) is 6.58 Å². The van der Waals surface area contributed by atoms with Gasteiger partial charge in [0, 0.05) is 6.42 Å². The van der Waals surface area contributed by atoms with Crippen LogP contribution in [0.3, 0.4) is 0 Å². The number of nitrogens with two attached hydrogens (primary N) is 2. The summed E-state index contributed by atoms with van der Waals surface area (Å²) in [6.07, 6.45) is 0.123. The van der Waals surface area contributed by atoms with Gasteiger partial charge < -0.3 is 16.6 Å². The Bertz CT molecular complexity index is 209. The van der Waals surface area contributed by atoms with Crippen molar-refractivity contribution in [2.24, 2.45) is 11.5 Å². The van der Waals surface area contributed by atoms with Crippen molar-refractivity contribution in [2.75, 3.05) is 0 Å². The largest absolute Gasteiger partial charge is 0.480 e. The first-order chi connectivity index (χ1) is 5.95. The van der Waals surface area contributed by atoms with Crippen LogP contribution in [0.1, 0.15) is 12.8 Å². The zero-order valence-electron chi connectivity index (χ0n) is 6.82. The number of hydrogen-bond donors (Lipinski definition) is 3. The van der Waals surface area contributed by atoms with Crippen LogP contribution in [-0.2, 0) is 14.4 Å². The van der Waals surface area contributed by atoms with E-state index in [-0.39, 0.29) is 12.8 Å². The fourth-order valence-electron chi connectivity index (χ4n) is 0.421. The summed E-state index contributed by atoms with van der Waals surface area (Å²) >= 11 is 0. The van der Waals surface area contributed by atoms with Gasteiger partial charge in [-0.3, -0.25) is 9.59 Å². The normalized spacial score (nSPS) is 10.2. The Labute approximate surface area is 75.2 Å². The molecule has 0 saturated heterocycles. The van der Waals surface area contributed by atoms with Gasteiger partial charge in [-0.1, -0.05) is 0 Å². The molecule has 13 heavy (non-hydrogen) atoms. The number of hydrogen-bond acceptors (Lipinski definition) is 4. The molecule has 1 amide bonds. The van der Waals surface area contributed by atoms with Crippen LogP contribution in [0.5, 0.6) is 0 Å². The van der Waals surface area contributed by atoms with Gasteiger partial charge >= 0.3 is 5.97 Å². The molecule has 0 bridgehead atoms. The lowest BCUT2D eigenvalue weighted by Gasteiger charge is -2.01. The van der Waals surface area contributed by atoms with E-state index in [9.17, 15) is 9.59 Å². The summed E-state index contributed by atoms with van der Waals surface area (Å²) in [6, 6.07) is -0.979. The molecule has 6 heteroatoms. The van der Waals surface area contributed by atoms with Crippen LogP contribution < -0.4 is 11.5 Å². The number of rotatable bonds is 4.